The summed E-state index contributed by atoms with van der Waals surface area (Å²) in [5, 5.41) is 6.42. The molecule has 0 radical (unpaired) electrons. The van der Waals surface area contributed by atoms with E-state index < -0.39 is 0 Å². The van der Waals surface area contributed by atoms with Crippen LogP contribution in [0.1, 0.15) is 19.3 Å². The van der Waals surface area contributed by atoms with Gasteiger partial charge < -0.3 is 30.4 Å². The Bertz CT molecular complexity index is 1180. The molecule has 3 aliphatic rings. The molecule has 6 rings (SSSR count). The van der Waals surface area contributed by atoms with Gasteiger partial charge in [-0.25, -0.2) is 4.98 Å². The molecule has 1 aromatic heterocycles. The Morgan fingerprint density at radius 3 is 2.88 bits per heavy atom. The second kappa shape index (κ2) is 8.41. The van der Waals surface area contributed by atoms with Gasteiger partial charge in [-0.05, 0) is 49.4 Å². The topological polar surface area (TPSA) is 121 Å². The molecule has 0 saturated heterocycles. The molecule has 0 bridgehead atoms. The van der Waals surface area contributed by atoms with Gasteiger partial charge in [0, 0.05) is 30.4 Å². The van der Waals surface area contributed by atoms with Crippen molar-refractivity contribution in [3.8, 4) is 22.9 Å². The molecule has 9 heteroatoms. The molecule has 2 amide bonds. The number of carbonyl (C=O) groups is 2. The molecule has 4 N–H and O–H groups in total. The predicted octanol–water partition coefficient (Wildman–Crippen LogP) is 2.74. The van der Waals surface area contributed by atoms with E-state index in [1.807, 2.05) is 18.2 Å². The molecule has 9 nitrogen and oxygen atoms in total. The largest absolute Gasteiger partial charge is 0.491 e. The van der Waals surface area contributed by atoms with Gasteiger partial charge in [-0.3, -0.25) is 9.59 Å². The van der Waals surface area contributed by atoms with Crippen LogP contribution < -0.4 is 25.8 Å². The summed E-state index contributed by atoms with van der Waals surface area (Å²) in [5.41, 5.74) is 8.83. The molecule has 3 heterocycles. The number of ether oxygens (including phenoxy) is 2. The average molecular weight is 435 g/mol. The van der Waals surface area contributed by atoms with Gasteiger partial charge in [0.15, 0.2) is 6.61 Å². The van der Waals surface area contributed by atoms with Crippen molar-refractivity contribution >= 4 is 34.7 Å². The van der Waals surface area contributed by atoms with E-state index in [9.17, 15) is 4.79 Å². The maximum atomic E-state index is 11.7. The number of primary amides is 1. The Morgan fingerprint density at radius 1 is 1.22 bits per heavy atom. The number of hydrogen-bond acceptors (Lipinski definition) is 6. The van der Waals surface area contributed by atoms with E-state index in [1.165, 1.54) is 12.8 Å². The number of fused-ring (bicyclic) bond motifs is 1. The fraction of sp³-hybridized carbons (Fsp3) is 0.348. The van der Waals surface area contributed by atoms with Gasteiger partial charge in [-0.2, -0.15) is 0 Å². The summed E-state index contributed by atoms with van der Waals surface area (Å²) in [7, 11) is 0. The van der Waals surface area contributed by atoms with Gasteiger partial charge >= 0.3 is 0 Å². The lowest BCUT2D eigenvalue weighted by atomic mass is 10.1. The van der Waals surface area contributed by atoms with Crippen LogP contribution >= 0.6 is 0 Å². The number of nitrogens with one attached hydrogen (secondary N) is 2. The number of aromatic nitrogens is 2. The lowest BCUT2D eigenvalue weighted by molar-refractivity contribution is -0.118. The second-order valence-corrected chi connectivity index (χ2v) is 8.14. The van der Waals surface area contributed by atoms with Crippen LogP contribution in [0.15, 0.2) is 30.3 Å². The van der Waals surface area contributed by atoms with Crippen LogP contribution in [0.5, 0.6) is 11.5 Å². The first kappa shape index (κ1) is 20.2. The molecule has 0 spiro atoms. The fourth-order valence-electron chi connectivity index (χ4n) is 4.09. The fourth-order valence-corrected chi connectivity index (χ4v) is 4.09. The maximum absolute atomic E-state index is 11.7. The van der Waals surface area contributed by atoms with Gasteiger partial charge in [0.1, 0.15) is 22.8 Å². The van der Waals surface area contributed by atoms with Crippen molar-refractivity contribution in [1.29, 1.82) is 0 Å². The number of imidazole rings is 1. The van der Waals surface area contributed by atoms with Crippen LogP contribution in [0.25, 0.3) is 22.4 Å². The third-order valence-electron chi connectivity index (χ3n) is 5.75. The number of rotatable bonds is 4. The molecule has 1 aliphatic carbocycles. The zero-order valence-corrected chi connectivity index (χ0v) is 17.6. The Balaban J connectivity index is 0.000000684. The minimum absolute atomic E-state index is 0.0577. The predicted molar refractivity (Wildman–Crippen MR) is 121 cm³/mol. The lowest BCUT2D eigenvalue weighted by Crippen LogP contribution is -2.25. The Kier molecular flexibility index (Phi) is 5.30. The van der Waals surface area contributed by atoms with Gasteiger partial charge in [-0.15, -0.1) is 0 Å². The first-order valence-corrected chi connectivity index (χ1v) is 10.8. The van der Waals surface area contributed by atoms with Crippen molar-refractivity contribution in [3.63, 3.8) is 0 Å². The number of nitrogens with zero attached hydrogens (tertiary/aromatic N) is 2. The van der Waals surface area contributed by atoms with E-state index in [1.54, 1.807) is 0 Å². The SMILES string of the molecule is NC=O.O=C1COc2ccc(-c3nc4cc(NCC5CC5)cc5c4n3CCCO5)cc2N1. The smallest absolute Gasteiger partial charge is 0.262 e. The van der Waals surface area contributed by atoms with Crippen molar-refractivity contribution < 1.29 is 19.1 Å². The summed E-state index contributed by atoms with van der Waals surface area (Å²) in [6.07, 6.45) is 3.80. The van der Waals surface area contributed by atoms with Gasteiger partial charge in [0.05, 0.1) is 17.8 Å². The van der Waals surface area contributed by atoms with Crippen LogP contribution in [-0.2, 0) is 16.1 Å². The van der Waals surface area contributed by atoms with Crippen molar-refractivity contribution in [2.45, 2.75) is 25.8 Å². The molecule has 2 aromatic carbocycles. The minimum atomic E-state index is -0.136. The molecular formula is C23H25N5O4. The average Bonchev–Trinajstić information content (AvgIpc) is 3.57. The van der Waals surface area contributed by atoms with Gasteiger partial charge in [0.25, 0.3) is 5.91 Å². The number of aryl methyl sites for hydroxylation is 1. The summed E-state index contributed by atoms with van der Waals surface area (Å²) in [4.78, 5) is 25.2. The van der Waals surface area contributed by atoms with Crippen LogP contribution in [0.3, 0.4) is 0 Å². The van der Waals surface area contributed by atoms with E-state index in [2.05, 4.69) is 33.1 Å². The number of carbonyl (C=O) groups excluding carboxylic acids is 2. The van der Waals surface area contributed by atoms with Crippen molar-refractivity contribution in [2.24, 2.45) is 11.7 Å². The van der Waals surface area contributed by atoms with Gasteiger partial charge in [0.2, 0.25) is 6.41 Å². The number of amides is 2. The highest BCUT2D eigenvalue weighted by Crippen LogP contribution is 2.38. The summed E-state index contributed by atoms with van der Waals surface area (Å²) in [6, 6.07) is 10.0. The zero-order chi connectivity index (χ0) is 22.1. The van der Waals surface area contributed by atoms with E-state index in [0.717, 1.165) is 59.3 Å². The van der Waals surface area contributed by atoms with Crippen LogP contribution in [0.4, 0.5) is 11.4 Å². The van der Waals surface area contributed by atoms with Crippen molar-refractivity contribution in [1.82, 2.24) is 9.55 Å². The van der Waals surface area contributed by atoms with Crippen LogP contribution in [0, 0.1) is 5.92 Å². The number of nitrogens with two attached hydrogens (primary N) is 1. The van der Waals surface area contributed by atoms with Crippen molar-refractivity contribution in [2.75, 3.05) is 30.4 Å². The molecule has 1 fully saturated rings. The quantitative estimate of drug-likeness (QED) is 0.542. The Labute approximate surface area is 184 Å². The number of hydrogen-bond donors (Lipinski definition) is 3. The number of anilines is 2. The minimum Gasteiger partial charge on any atom is -0.491 e. The molecule has 32 heavy (non-hydrogen) atoms. The van der Waals surface area contributed by atoms with E-state index in [-0.39, 0.29) is 18.9 Å². The highest BCUT2D eigenvalue weighted by Gasteiger charge is 2.24. The highest BCUT2D eigenvalue weighted by atomic mass is 16.5. The van der Waals surface area contributed by atoms with Crippen LogP contribution in [-0.4, -0.2) is 41.6 Å². The van der Waals surface area contributed by atoms with E-state index in [0.29, 0.717) is 18.0 Å². The van der Waals surface area contributed by atoms with E-state index >= 15 is 0 Å². The Hall–Kier alpha value is -3.75. The summed E-state index contributed by atoms with van der Waals surface area (Å²) in [5.74, 6) is 3.12. The molecule has 1 saturated carbocycles. The maximum Gasteiger partial charge on any atom is 0.262 e. The third-order valence-corrected chi connectivity index (χ3v) is 5.75. The lowest BCUT2D eigenvalue weighted by Gasteiger charge is -2.18. The molecule has 0 atom stereocenters. The van der Waals surface area contributed by atoms with Crippen LogP contribution in [0.2, 0.25) is 0 Å². The zero-order valence-electron chi connectivity index (χ0n) is 17.6. The normalized spacial score (nSPS) is 16.4. The first-order valence-electron chi connectivity index (χ1n) is 10.8. The number of benzene rings is 2. The van der Waals surface area contributed by atoms with Crippen molar-refractivity contribution in [3.05, 3.63) is 30.3 Å². The summed E-state index contributed by atoms with van der Waals surface area (Å²) >= 11 is 0. The summed E-state index contributed by atoms with van der Waals surface area (Å²) < 4.78 is 13.8. The Morgan fingerprint density at radius 2 is 2.06 bits per heavy atom. The molecular weight excluding hydrogens is 410 g/mol. The molecule has 166 valence electrons. The molecule has 3 aromatic rings. The first-order chi connectivity index (χ1) is 15.7. The summed E-state index contributed by atoms with van der Waals surface area (Å²) in [6.45, 7) is 2.59. The van der Waals surface area contributed by atoms with E-state index in [4.69, 9.17) is 19.3 Å². The second-order valence-electron chi connectivity index (χ2n) is 8.14. The molecule has 2 aliphatic heterocycles. The van der Waals surface area contributed by atoms with Gasteiger partial charge in [-0.1, -0.05) is 0 Å². The highest BCUT2D eigenvalue weighted by molar-refractivity contribution is 5.96. The monoisotopic (exact) mass is 435 g/mol. The third kappa shape index (κ3) is 3.93. The molecule has 0 unspecified atom stereocenters. The standard InChI is InChI=1S/C22H22N4O3.CH3NO/c27-20-12-29-18-5-4-14(8-16(18)24-20)22-25-17-9-15(23-11-13-2-3-13)10-19-21(17)26(22)6-1-7-28-19;2-1-3/h4-5,8-10,13,23H,1-3,6-7,11-12H2,(H,24,27);1H,(H2,2,3).